The zero-order valence-electron chi connectivity index (χ0n) is 17.3. The first-order valence-electron chi connectivity index (χ1n) is 9.91. The number of unbranched alkanes of at least 4 members (excludes halogenated alkanes) is 1. The molecule has 7 nitrogen and oxygen atoms in total. The molecule has 0 saturated carbocycles. The number of nitrogens with one attached hydrogen (secondary N) is 1. The molecule has 3 N–H and O–H groups in total. The minimum absolute atomic E-state index is 0.244. The van der Waals surface area contributed by atoms with Gasteiger partial charge in [0.1, 0.15) is 6.54 Å². The Bertz CT molecular complexity index is 776. The molecule has 0 atom stereocenters. The smallest absolute Gasteiger partial charge is 0.451 e. The van der Waals surface area contributed by atoms with Crippen molar-refractivity contribution in [2.24, 2.45) is 5.73 Å². The van der Waals surface area contributed by atoms with Crippen molar-refractivity contribution < 1.29 is 24.2 Å². The summed E-state index contributed by atoms with van der Waals surface area (Å²) in [5.74, 6) is -0.882. The third kappa shape index (κ3) is 12.2. The highest BCUT2D eigenvalue weighted by atomic mass is 16.5. The Morgan fingerprint density at radius 1 is 0.867 bits per heavy atom. The molecule has 2 amide bonds. The monoisotopic (exact) mass is 413 g/mol. The second-order valence-corrected chi connectivity index (χ2v) is 6.60. The summed E-state index contributed by atoms with van der Waals surface area (Å²) in [6.07, 6.45) is 3.46. The Balaban J connectivity index is 0.000000382. The molecule has 0 aliphatic heterocycles. The number of benzene rings is 2. The normalized spacial score (nSPS) is 9.77. The van der Waals surface area contributed by atoms with Crippen LogP contribution in [-0.4, -0.2) is 31.1 Å². The number of carbonyl (C=O) groups is 3. The molecule has 0 aliphatic carbocycles. The molecule has 2 aromatic rings. The predicted octanol–water partition coefficient (Wildman–Crippen LogP) is 2.97. The van der Waals surface area contributed by atoms with Gasteiger partial charge in [-0.25, -0.2) is 9.90 Å². The lowest BCUT2D eigenvalue weighted by molar-refractivity contribution is -0.141. The van der Waals surface area contributed by atoms with Crippen LogP contribution in [0.2, 0.25) is 0 Å². The number of esters is 1. The van der Waals surface area contributed by atoms with Crippen LogP contribution in [0.3, 0.4) is 0 Å². The average molecular weight is 413 g/mol. The fraction of sp³-hybridized carbons (Fsp3) is 0.348. The fourth-order valence-corrected chi connectivity index (χ4v) is 2.68. The van der Waals surface area contributed by atoms with E-state index in [2.05, 4.69) is 47.2 Å². The van der Waals surface area contributed by atoms with Crippen molar-refractivity contribution in [2.75, 3.05) is 13.2 Å². The Kier molecular flexibility index (Phi) is 12.0. The van der Waals surface area contributed by atoms with Gasteiger partial charge in [0.15, 0.2) is 0 Å². The van der Waals surface area contributed by atoms with Crippen molar-refractivity contribution >= 4 is 18.0 Å². The van der Waals surface area contributed by atoms with Crippen LogP contribution in [-0.2, 0) is 38.7 Å². The summed E-state index contributed by atoms with van der Waals surface area (Å²) < 4.78 is 4.40. The van der Waals surface area contributed by atoms with Gasteiger partial charge in [0, 0.05) is 0 Å². The van der Waals surface area contributed by atoms with Crippen LogP contribution in [0.1, 0.15) is 36.5 Å². The van der Waals surface area contributed by atoms with E-state index in [0.29, 0.717) is 6.42 Å². The third-order valence-corrected chi connectivity index (χ3v) is 4.11. The highest BCUT2D eigenvalue weighted by Crippen LogP contribution is 2.11. The topological polar surface area (TPSA) is 118 Å². The van der Waals surface area contributed by atoms with E-state index in [4.69, 9.17) is 5.73 Å². The van der Waals surface area contributed by atoms with E-state index in [-0.39, 0.29) is 19.1 Å². The molecule has 2 rings (SSSR count). The van der Waals surface area contributed by atoms with E-state index in [1.165, 1.54) is 24.0 Å². The van der Waals surface area contributed by atoms with Gasteiger partial charge in [-0.1, -0.05) is 54.6 Å². The molecule has 0 unspecified atom stereocenters. The van der Waals surface area contributed by atoms with Crippen LogP contribution in [0.4, 0.5) is 4.79 Å². The predicted molar refractivity (Wildman–Crippen MR) is 113 cm³/mol. The summed E-state index contributed by atoms with van der Waals surface area (Å²) in [5.41, 5.74) is 8.90. The number of nitrogens with two attached hydrogens (primary N) is 1. The maximum Gasteiger partial charge on any atom is 0.451 e. The van der Waals surface area contributed by atoms with Crippen LogP contribution < -0.4 is 11.1 Å². The lowest BCUT2D eigenvalue weighted by Gasteiger charge is -2.04. The molecule has 0 bridgehead atoms. The highest BCUT2D eigenvalue weighted by Gasteiger charge is 2.03. The summed E-state index contributed by atoms with van der Waals surface area (Å²) >= 11 is 0. The molecule has 0 saturated heterocycles. The van der Waals surface area contributed by atoms with Crippen LogP contribution >= 0.6 is 0 Å². The molecular formula is C23H29N2O5. The first-order chi connectivity index (χ1) is 14.4. The third-order valence-electron chi connectivity index (χ3n) is 4.11. The van der Waals surface area contributed by atoms with Gasteiger partial charge in [0.05, 0.1) is 13.0 Å². The first-order valence-corrected chi connectivity index (χ1v) is 9.91. The highest BCUT2D eigenvalue weighted by molar-refractivity contribution is 5.77. The van der Waals surface area contributed by atoms with E-state index >= 15 is 0 Å². The molecule has 0 aromatic heterocycles. The number of aryl methyl sites for hydroxylation is 2. The first kappa shape index (κ1) is 24.7. The van der Waals surface area contributed by atoms with Gasteiger partial charge in [-0.3, -0.25) is 9.59 Å². The molecular weight excluding hydrogens is 384 g/mol. The average Bonchev–Trinajstić information content (AvgIpc) is 2.72. The standard InChI is InChI=1S/C18H21NO.C5H8NO4/c19-18(20)14-17-12-10-16(11-13-17)9-5-4-8-15-6-2-1-3-7-15;1-2-10-4(7)3-6-5(8)9/h1-3,6-7,10-13H,4-5,8-9,14H2,(H2,19,20);6H,2-3H2,1H3. The van der Waals surface area contributed by atoms with E-state index in [1.54, 1.807) is 12.2 Å². The van der Waals surface area contributed by atoms with Crippen LogP contribution in [0.15, 0.2) is 54.6 Å². The van der Waals surface area contributed by atoms with Crippen LogP contribution in [0.25, 0.3) is 0 Å². The molecule has 1 radical (unpaired) electrons. The van der Waals surface area contributed by atoms with Gasteiger partial charge in [0.2, 0.25) is 5.91 Å². The molecule has 0 fully saturated rings. The number of ether oxygens (including phenoxy) is 1. The molecule has 0 aliphatic rings. The maximum atomic E-state index is 10.8. The van der Waals surface area contributed by atoms with Gasteiger partial charge in [-0.15, -0.1) is 0 Å². The number of carbonyl (C=O) groups excluding carboxylic acids is 3. The molecule has 161 valence electrons. The number of primary amides is 1. The van der Waals surface area contributed by atoms with E-state index < -0.39 is 12.1 Å². The Labute approximate surface area is 177 Å². The Morgan fingerprint density at radius 3 is 1.90 bits per heavy atom. The van der Waals surface area contributed by atoms with E-state index in [1.807, 2.05) is 12.1 Å². The second-order valence-electron chi connectivity index (χ2n) is 6.60. The van der Waals surface area contributed by atoms with Crippen molar-refractivity contribution in [3.63, 3.8) is 0 Å². The van der Waals surface area contributed by atoms with Crippen LogP contribution in [0, 0.1) is 0 Å². The lowest BCUT2D eigenvalue weighted by atomic mass is 10.0. The number of rotatable bonds is 10. The minimum Gasteiger partial charge on any atom is -0.465 e. The van der Waals surface area contributed by atoms with E-state index in [0.717, 1.165) is 18.4 Å². The Hall–Kier alpha value is -3.35. The minimum atomic E-state index is -1.48. The summed E-state index contributed by atoms with van der Waals surface area (Å²) in [6, 6.07) is 18.8. The van der Waals surface area contributed by atoms with Crippen molar-refractivity contribution in [1.29, 1.82) is 0 Å². The molecule has 0 spiro atoms. The SMILES string of the molecule is CCOC(=O)CNC([O])=O.NC(=O)Cc1ccc(CCCCc2ccccc2)cc1. The van der Waals surface area contributed by atoms with Crippen LogP contribution in [0.5, 0.6) is 0 Å². The van der Waals surface area contributed by atoms with E-state index in [9.17, 15) is 19.5 Å². The summed E-state index contributed by atoms with van der Waals surface area (Å²) in [5, 5.41) is 11.4. The fourth-order valence-electron chi connectivity index (χ4n) is 2.68. The number of hydrogen-bond acceptors (Lipinski definition) is 4. The maximum absolute atomic E-state index is 10.8. The number of amides is 2. The van der Waals surface area contributed by atoms with Gasteiger partial charge in [0.25, 0.3) is 0 Å². The van der Waals surface area contributed by atoms with Crippen molar-refractivity contribution in [3.8, 4) is 0 Å². The summed E-state index contributed by atoms with van der Waals surface area (Å²) in [7, 11) is 0. The number of hydrogen-bond donors (Lipinski definition) is 2. The lowest BCUT2D eigenvalue weighted by Crippen LogP contribution is -2.28. The van der Waals surface area contributed by atoms with Gasteiger partial charge in [-0.05, 0) is 49.3 Å². The molecule has 30 heavy (non-hydrogen) atoms. The summed E-state index contributed by atoms with van der Waals surface area (Å²) in [6.45, 7) is 1.53. The molecule has 0 heterocycles. The molecule has 2 aromatic carbocycles. The second kappa shape index (κ2) is 14.6. The Morgan fingerprint density at radius 2 is 1.40 bits per heavy atom. The van der Waals surface area contributed by atoms with Crippen molar-refractivity contribution in [3.05, 3.63) is 71.3 Å². The van der Waals surface area contributed by atoms with Gasteiger partial charge in [-0.2, -0.15) is 0 Å². The van der Waals surface area contributed by atoms with Gasteiger partial charge < -0.3 is 15.8 Å². The summed E-state index contributed by atoms with van der Waals surface area (Å²) in [4.78, 5) is 30.9. The molecule has 7 heteroatoms. The largest absolute Gasteiger partial charge is 0.465 e. The zero-order chi connectivity index (χ0) is 22.2. The van der Waals surface area contributed by atoms with Crippen molar-refractivity contribution in [2.45, 2.75) is 39.0 Å². The van der Waals surface area contributed by atoms with Gasteiger partial charge >= 0.3 is 12.1 Å². The zero-order valence-corrected chi connectivity index (χ0v) is 17.3. The van der Waals surface area contributed by atoms with Crippen molar-refractivity contribution in [1.82, 2.24) is 5.32 Å². The quantitative estimate of drug-likeness (QED) is 0.460.